The second-order valence-electron chi connectivity index (χ2n) is 6.22. The smallest absolute Gasteiger partial charge is 0.226 e. The number of carbonyl (C=O) groups is 1. The highest BCUT2D eigenvalue weighted by Crippen LogP contribution is 2.22. The van der Waals surface area contributed by atoms with Gasteiger partial charge in [0.1, 0.15) is 0 Å². The van der Waals surface area contributed by atoms with Crippen molar-refractivity contribution in [1.82, 2.24) is 5.32 Å². The standard InChI is InChI=1S/C15H24N2O/c1-14(2,10-12-8-6-5-7-9-12)13(18)17-11-15(3,4)16/h5-9H,10-11,16H2,1-4H3,(H,17,18). The highest BCUT2D eigenvalue weighted by atomic mass is 16.2. The molecule has 0 heterocycles. The first kappa shape index (κ1) is 14.7. The summed E-state index contributed by atoms with van der Waals surface area (Å²) in [5, 5.41) is 2.92. The highest BCUT2D eigenvalue weighted by Gasteiger charge is 2.28. The minimum absolute atomic E-state index is 0.0462. The lowest BCUT2D eigenvalue weighted by atomic mass is 9.84. The van der Waals surface area contributed by atoms with E-state index in [2.05, 4.69) is 5.32 Å². The maximum Gasteiger partial charge on any atom is 0.226 e. The zero-order valence-electron chi connectivity index (χ0n) is 11.8. The summed E-state index contributed by atoms with van der Waals surface area (Å²) in [6.45, 7) is 8.21. The lowest BCUT2D eigenvalue weighted by Crippen LogP contribution is -2.48. The normalized spacial score (nSPS) is 12.3. The van der Waals surface area contributed by atoms with Gasteiger partial charge in [0.05, 0.1) is 0 Å². The maximum absolute atomic E-state index is 12.1. The Morgan fingerprint density at radius 2 is 1.72 bits per heavy atom. The number of rotatable bonds is 5. The second kappa shape index (κ2) is 5.53. The van der Waals surface area contributed by atoms with Crippen molar-refractivity contribution in [3.05, 3.63) is 35.9 Å². The van der Waals surface area contributed by atoms with Gasteiger partial charge in [-0.3, -0.25) is 4.79 Å². The molecule has 18 heavy (non-hydrogen) atoms. The van der Waals surface area contributed by atoms with E-state index < -0.39 is 5.41 Å². The van der Waals surface area contributed by atoms with Gasteiger partial charge in [-0.1, -0.05) is 44.2 Å². The van der Waals surface area contributed by atoms with Crippen molar-refractivity contribution in [1.29, 1.82) is 0 Å². The molecule has 0 atom stereocenters. The Hall–Kier alpha value is -1.35. The summed E-state index contributed by atoms with van der Waals surface area (Å²) >= 11 is 0. The maximum atomic E-state index is 12.1. The molecule has 0 spiro atoms. The van der Waals surface area contributed by atoms with Crippen LogP contribution in [0.15, 0.2) is 30.3 Å². The van der Waals surface area contributed by atoms with Gasteiger partial charge in [0.15, 0.2) is 0 Å². The molecule has 0 radical (unpaired) electrons. The number of nitrogens with one attached hydrogen (secondary N) is 1. The molecule has 0 aliphatic carbocycles. The van der Waals surface area contributed by atoms with Crippen molar-refractivity contribution >= 4 is 5.91 Å². The molecule has 1 amide bonds. The van der Waals surface area contributed by atoms with E-state index in [-0.39, 0.29) is 11.4 Å². The van der Waals surface area contributed by atoms with Crippen LogP contribution in [0.25, 0.3) is 0 Å². The monoisotopic (exact) mass is 248 g/mol. The van der Waals surface area contributed by atoms with E-state index in [0.717, 1.165) is 6.42 Å². The van der Waals surface area contributed by atoms with E-state index in [1.807, 2.05) is 58.0 Å². The fourth-order valence-electron chi connectivity index (χ4n) is 1.73. The molecule has 1 aromatic carbocycles. The number of amides is 1. The van der Waals surface area contributed by atoms with Crippen LogP contribution in [0.2, 0.25) is 0 Å². The topological polar surface area (TPSA) is 55.1 Å². The van der Waals surface area contributed by atoms with Crippen molar-refractivity contribution in [2.75, 3.05) is 6.54 Å². The highest BCUT2D eigenvalue weighted by molar-refractivity contribution is 5.82. The van der Waals surface area contributed by atoms with E-state index in [0.29, 0.717) is 6.54 Å². The Morgan fingerprint density at radius 3 is 2.22 bits per heavy atom. The SMILES string of the molecule is CC(C)(N)CNC(=O)C(C)(C)Cc1ccccc1. The minimum atomic E-state index is -0.424. The summed E-state index contributed by atoms with van der Waals surface area (Å²) in [6.07, 6.45) is 0.727. The predicted molar refractivity (Wildman–Crippen MR) is 75.2 cm³/mol. The van der Waals surface area contributed by atoms with Crippen LogP contribution in [0.1, 0.15) is 33.3 Å². The Kier molecular flexibility index (Phi) is 4.52. The van der Waals surface area contributed by atoms with E-state index in [4.69, 9.17) is 5.73 Å². The van der Waals surface area contributed by atoms with Gasteiger partial charge < -0.3 is 11.1 Å². The summed E-state index contributed by atoms with van der Waals surface area (Å²) in [5.74, 6) is 0.0462. The Morgan fingerprint density at radius 1 is 1.17 bits per heavy atom. The zero-order valence-corrected chi connectivity index (χ0v) is 11.8. The molecule has 3 heteroatoms. The van der Waals surface area contributed by atoms with Gasteiger partial charge in [-0.2, -0.15) is 0 Å². The third-order valence-corrected chi connectivity index (χ3v) is 2.81. The first-order valence-corrected chi connectivity index (χ1v) is 6.32. The van der Waals surface area contributed by atoms with Crippen LogP contribution in [0, 0.1) is 5.41 Å². The van der Waals surface area contributed by atoms with Gasteiger partial charge in [0, 0.05) is 17.5 Å². The number of hydrogen-bond acceptors (Lipinski definition) is 2. The Labute approximate surface area is 110 Å². The van der Waals surface area contributed by atoms with Crippen molar-refractivity contribution in [2.45, 2.75) is 39.7 Å². The lowest BCUT2D eigenvalue weighted by molar-refractivity contribution is -0.129. The van der Waals surface area contributed by atoms with Crippen LogP contribution in [0.3, 0.4) is 0 Å². The average Bonchev–Trinajstić information content (AvgIpc) is 2.25. The third-order valence-electron chi connectivity index (χ3n) is 2.81. The van der Waals surface area contributed by atoms with E-state index in [9.17, 15) is 4.79 Å². The molecule has 1 rings (SSSR count). The fraction of sp³-hybridized carbons (Fsp3) is 0.533. The van der Waals surface area contributed by atoms with E-state index in [1.165, 1.54) is 5.56 Å². The molecule has 0 bridgehead atoms. The molecule has 3 N–H and O–H groups in total. The minimum Gasteiger partial charge on any atom is -0.354 e. The van der Waals surface area contributed by atoms with Crippen LogP contribution < -0.4 is 11.1 Å². The molecule has 0 unspecified atom stereocenters. The predicted octanol–water partition coefficient (Wildman–Crippen LogP) is 2.11. The summed E-state index contributed by atoms with van der Waals surface area (Å²) in [4.78, 5) is 12.1. The molecule has 0 aromatic heterocycles. The van der Waals surface area contributed by atoms with Crippen LogP contribution in [0.4, 0.5) is 0 Å². The zero-order chi connectivity index (χ0) is 13.8. The van der Waals surface area contributed by atoms with Crippen LogP contribution in [-0.2, 0) is 11.2 Å². The molecule has 3 nitrogen and oxygen atoms in total. The van der Waals surface area contributed by atoms with E-state index >= 15 is 0 Å². The van der Waals surface area contributed by atoms with Crippen molar-refractivity contribution < 1.29 is 4.79 Å². The largest absolute Gasteiger partial charge is 0.354 e. The van der Waals surface area contributed by atoms with Crippen LogP contribution >= 0.6 is 0 Å². The molecule has 0 aliphatic rings. The molecule has 0 saturated heterocycles. The molecule has 0 aliphatic heterocycles. The quantitative estimate of drug-likeness (QED) is 0.838. The number of nitrogens with two attached hydrogens (primary N) is 1. The average molecular weight is 248 g/mol. The summed E-state index contributed by atoms with van der Waals surface area (Å²) in [5.41, 5.74) is 6.24. The summed E-state index contributed by atoms with van der Waals surface area (Å²) in [6, 6.07) is 10.1. The number of hydrogen-bond donors (Lipinski definition) is 2. The van der Waals surface area contributed by atoms with Crippen molar-refractivity contribution in [2.24, 2.45) is 11.1 Å². The third kappa shape index (κ3) is 4.88. The van der Waals surface area contributed by atoms with Gasteiger partial charge in [-0.15, -0.1) is 0 Å². The van der Waals surface area contributed by atoms with Crippen molar-refractivity contribution in [3.8, 4) is 0 Å². The van der Waals surface area contributed by atoms with Gasteiger partial charge >= 0.3 is 0 Å². The summed E-state index contributed by atoms with van der Waals surface area (Å²) < 4.78 is 0. The molecule has 100 valence electrons. The molecule has 0 fully saturated rings. The second-order valence-corrected chi connectivity index (χ2v) is 6.22. The Bertz CT molecular complexity index is 391. The fourth-order valence-corrected chi connectivity index (χ4v) is 1.73. The number of benzene rings is 1. The van der Waals surface area contributed by atoms with E-state index in [1.54, 1.807) is 0 Å². The lowest BCUT2D eigenvalue weighted by Gasteiger charge is -2.26. The summed E-state index contributed by atoms with van der Waals surface area (Å²) in [7, 11) is 0. The molecule has 0 saturated carbocycles. The van der Waals surface area contributed by atoms with Gasteiger partial charge in [0.25, 0.3) is 0 Å². The van der Waals surface area contributed by atoms with Crippen LogP contribution in [-0.4, -0.2) is 18.0 Å². The van der Waals surface area contributed by atoms with Crippen LogP contribution in [0.5, 0.6) is 0 Å². The van der Waals surface area contributed by atoms with Gasteiger partial charge in [0.2, 0.25) is 5.91 Å². The molecular formula is C15H24N2O. The van der Waals surface area contributed by atoms with Crippen molar-refractivity contribution in [3.63, 3.8) is 0 Å². The van der Waals surface area contributed by atoms with Gasteiger partial charge in [-0.25, -0.2) is 0 Å². The number of carbonyl (C=O) groups excluding carboxylic acids is 1. The first-order valence-electron chi connectivity index (χ1n) is 6.32. The first-order chi connectivity index (χ1) is 8.21. The molecule has 1 aromatic rings. The van der Waals surface area contributed by atoms with Gasteiger partial charge in [-0.05, 0) is 25.8 Å². The Balaban J connectivity index is 2.60. The molecular weight excluding hydrogens is 224 g/mol.